The van der Waals surface area contributed by atoms with Crippen LogP contribution in [0.1, 0.15) is 59.9 Å². The minimum atomic E-state index is -0.677. The van der Waals surface area contributed by atoms with Crippen LogP contribution >= 0.6 is 22.7 Å². The van der Waals surface area contributed by atoms with Crippen LogP contribution in [0.25, 0.3) is 0 Å². The standard InChI is InChI=1S/C35H42N6O4S2/c1-2-32(40-34(43)41(29-15-16-29)21-30-19-36-23-46-30)33(42)38-27(17-25-9-5-3-6-10-25)13-14-28(18-26-11-7-4-8-12-26)39-35(44)45-22-31-20-37-24-47-31/h3-12,19-20,23-24,27-29,32H,2,13-18,21-22H2,1H3,(H,38,42)(H,39,44)(H,40,43). The first-order valence-electron chi connectivity index (χ1n) is 16.1. The zero-order chi connectivity index (χ0) is 32.8. The number of carbonyl (C=O) groups excluding carboxylic acids is 3. The lowest BCUT2D eigenvalue weighted by Crippen LogP contribution is -2.53. The molecule has 0 saturated heterocycles. The molecule has 4 amide bonds. The summed E-state index contributed by atoms with van der Waals surface area (Å²) in [5, 5.41) is 9.29. The number of rotatable bonds is 17. The van der Waals surface area contributed by atoms with Crippen LogP contribution in [0.4, 0.5) is 9.59 Å². The van der Waals surface area contributed by atoms with E-state index < -0.39 is 12.1 Å². The first-order chi connectivity index (χ1) is 23.0. The van der Waals surface area contributed by atoms with Gasteiger partial charge in [0.1, 0.15) is 12.6 Å². The smallest absolute Gasteiger partial charge is 0.407 e. The normalized spacial score (nSPS) is 14.4. The fraction of sp³-hybridized carbons (Fsp3) is 0.400. The Balaban J connectivity index is 1.23. The van der Waals surface area contributed by atoms with E-state index in [0.717, 1.165) is 33.7 Å². The van der Waals surface area contributed by atoms with Crippen LogP contribution in [0.2, 0.25) is 0 Å². The number of hydrogen-bond acceptors (Lipinski definition) is 8. The van der Waals surface area contributed by atoms with Crippen LogP contribution in [-0.2, 0) is 35.5 Å². The molecular formula is C35H42N6O4S2. The van der Waals surface area contributed by atoms with E-state index in [1.807, 2.05) is 72.5 Å². The Morgan fingerprint density at radius 1 is 0.830 bits per heavy atom. The fourth-order valence-electron chi connectivity index (χ4n) is 5.44. The Kier molecular flexibility index (Phi) is 12.7. The average Bonchev–Trinajstić information content (AvgIpc) is 3.52. The van der Waals surface area contributed by atoms with Crippen molar-refractivity contribution < 1.29 is 19.1 Å². The average molecular weight is 675 g/mol. The van der Waals surface area contributed by atoms with Crippen molar-refractivity contribution in [3.8, 4) is 0 Å². The number of nitrogens with zero attached hydrogens (tertiary/aromatic N) is 3. The Bertz CT molecular complexity index is 1520. The van der Waals surface area contributed by atoms with Crippen molar-refractivity contribution >= 4 is 40.7 Å². The molecule has 0 bridgehead atoms. The lowest BCUT2D eigenvalue weighted by Gasteiger charge is -2.28. The second-order valence-electron chi connectivity index (χ2n) is 11.8. The first-order valence-corrected chi connectivity index (χ1v) is 17.9. The molecule has 10 nitrogen and oxygen atoms in total. The summed E-state index contributed by atoms with van der Waals surface area (Å²) >= 11 is 2.95. The largest absolute Gasteiger partial charge is 0.444 e. The molecule has 248 valence electrons. The second-order valence-corrected chi connectivity index (χ2v) is 13.7. The Labute approximate surface area is 284 Å². The van der Waals surface area contributed by atoms with Crippen molar-refractivity contribution in [1.82, 2.24) is 30.8 Å². The highest BCUT2D eigenvalue weighted by Crippen LogP contribution is 2.29. The third kappa shape index (κ3) is 11.2. The number of thiazole rings is 2. The number of benzene rings is 2. The zero-order valence-electron chi connectivity index (χ0n) is 26.5. The number of nitrogens with one attached hydrogen (secondary N) is 3. The summed E-state index contributed by atoms with van der Waals surface area (Å²) < 4.78 is 5.48. The molecule has 3 unspecified atom stereocenters. The Morgan fingerprint density at radius 2 is 1.40 bits per heavy atom. The predicted molar refractivity (Wildman–Crippen MR) is 184 cm³/mol. The van der Waals surface area contributed by atoms with Gasteiger partial charge in [-0.3, -0.25) is 14.8 Å². The summed E-state index contributed by atoms with van der Waals surface area (Å²) in [6.07, 6.45) is 7.81. The molecule has 5 rings (SSSR count). The molecule has 1 aliphatic rings. The zero-order valence-corrected chi connectivity index (χ0v) is 28.2. The number of ether oxygens (including phenoxy) is 1. The van der Waals surface area contributed by atoms with Crippen molar-refractivity contribution in [2.24, 2.45) is 0 Å². The molecule has 3 atom stereocenters. The maximum absolute atomic E-state index is 13.7. The molecule has 2 aromatic heterocycles. The van der Waals surface area contributed by atoms with Crippen LogP contribution < -0.4 is 16.0 Å². The molecule has 1 aliphatic carbocycles. The molecule has 4 aromatic rings. The van der Waals surface area contributed by atoms with E-state index >= 15 is 0 Å². The lowest BCUT2D eigenvalue weighted by atomic mass is 9.95. The minimum absolute atomic E-state index is 0.160. The van der Waals surface area contributed by atoms with Gasteiger partial charge < -0.3 is 25.6 Å². The highest BCUT2D eigenvalue weighted by molar-refractivity contribution is 7.09. The van der Waals surface area contributed by atoms with Gasteiger partial charge in [-0.2, -0.15) is 0 Å². The highest BCUT2D eigenvalue weighted by Gasteiger charge is 2.34. The SMILES string of the molecule is CCC(NC(=O)N(Cc1cncs1)C1CC1)C(=O)NC(CCC(Cc1ccccc1)NC(=O)OCc1cncs1)Cc1ccccc1. The molecule has 1 saturated carbocycles. The topological polar surface area (TPSA) is 126 Å². The maximum Gasteiger partial charge on any atom is 0.407 e. The monoisotopic (exact) mass is 674 g/mol. The summed E-state index contributed by atoms with van der Waals surface area (Å²) in [7, 11) is 0. The quantitative estimate of drug-likeness (QED) is 0.124. The Hall–Kier alpha value is -4.29. The van der Waals surface area contributed by atoms with E-state index in [0.29, 0.717) is 38.6 Å². The molecule has 12 heteroatoms. The van der Waals surface area contributed by atoms with Crippen LogP contribution in [0, 0.1) is 0 Å². The van der Waals surface area contributed by atoms with Gasteiger partial charge in [0.05, 0.1) is 22.4 Å². The third-order valence-corrected chi connectivity index (χ3v) is 9.61. The second kappa shape index (κ2) is 17.6. The number of aromatic nitrogens is 2. The van der Waals surface area contributed by atoms with Crippen LogP contribution in [-0.4, -0.2) is 57.1 Å². The molecular weight excluding hydrogens is 633 g/mol. The number of carbonyl (C=O) groups is 3. The number of urea groups is 1. The van der Waals surface area contributed by atoms with Crippen LogP contribution in [0.3, 0.4) is 0 Å². The van der Waals surface area contributed by atoms with Crippen molar-refractivity contribution in [2.75, 3.05) is 0 Å². The van der Waals surface area contributed by atoms with E-state index in [1.54, 1.807) is 23.4 Å². The summed E-state index contributed by atoms with van der Waals surface area (Å²) in [6, 6.07) is 18.9. The summed E-state index contributed by atoms with van der Waals surface area (Å²) in [5.41, 5.74) is 5.66. The van der Waals surface area contributed by atoms with Gasteiger partial charge in [0.25, 0.3) is 0 Å². The van der Waals surface area contributed by atoms with Gasteiger partial charge in [0, 0.05) is 35.4 Å². The minimum Gasteiger partial charge on any atom is -0.444 e. The lowest BCUT2D eigenvalue weighted by molar-refractivity contribution is -0.123. The van der Waals surface area contributed by atoms with Gasteiger partial charge in [0.15, 0.2) is 0 Å². The first kappa shape index (κ1) is 34.1. The fourth-order valence-corrected chi connectivity index (χ4v) is 6.53. The van der Waals surface area contributed by atoms with Gasteiger partial charge in [-0.15, -0.1) is 22.7 Å². The van der Waals surface area contributed by atoms with E-state index in [2.05, 4.69) is 25.9 Å². The van der Waals surface area contributed by atoms with Gasteiger partial charge >= 0.3 is 12.1 Å². The van der Waals surface area contributed by atoms with Crippen LogP contribution in [0.15, 0.2) is 84.1 Å². The van der Waals surface area contributed by atoms with E-state index in [4.69, 9.17) is 4.74 Å². The van der Waals surface area contributed by atoms with E-state index in [-0.39, 0.29) is 36.7 Å². The molecule has 0 radical (unpaired) electrons. The Morgan fingerprint density at radius 3 is 1.94 bits per heavy atom. The molecule has 0 aliphatic heterocycles. The number of amides is 4. The molecule has 47 heavy (non-hydrogen) atoms. The summed E-state index contributed by atoms with van der Waals surface area (Å²) in [6.45, 7) is 2.55. The number of hydrogen-bond donors (Lipinski definition) is 3. The molecule has 2 heterocycles. The highest BCUT2D eigenvalue weighted by atomic mass is 32.1. The third-order valence-electron chi connectivity index (χ3n) is 8.09. The van der Waals surface area contributed by atoms with Gasteiger partial charge in [-0.1, -0.05) is 67.6 Å². The summed E-state index contributed by atoms with van der Waals surface area (Å²) in [4.78, 5) is 51.8. The molecule has 0 spiro atoms. The maximum atomic E-state index is 13.7. The van der Waals surface area contributed by atoms with Gasteiger partial charge in [-0.25, -0.2) is 9.59 Å². The van der Waals surface area contributed by atoms with Crippen molar-refractivity contribution in [3.63, 3.8) is 0 Å². The summed E-state index contributed by atoms with van der Waals surface area (Å²) in [5.74, 6) is -0.216. The number of alkyl carbamates (subject to hydrolysis) is 1. The molecule has 2 aromatic carbocycles. The van der Waals surface area contributed by atoms with Gasteiger partial charge in [0.2, 0.25) is 5.91 Å². The van der Waals surface area contributed by atoms with Gasteiger partial charge in [-0.05, 0) is 56.1 Å². The predicted octanol–water partition coefficient (Wildman–Crippen LogP) is 6.10. The van der Waals surface area contributed by atoms with Crippen molar-refractivity contribution in [3.05, 3.63) is 105 Å². The van der Waals surface area contributed by atoms with E-state index in [1.165, 1.54) is 22.7 Å². The molecule has 1 fully saturated rings. The van der Waals surface area contributed by atoms with E-state index in [9.17, 15) is 14.4 Å². The van der Waals surface area contributed by atoms with Crippen LogP contribution in [0.5, 0.6) is 0 Å². The molecule has 3 N–H and O–H groups in total. The van der Waals surface area contributed by atoms with Crippen molar-refractivity contribution in [1.29, 1.82) is 0 Å². The van der Waals surface area contributed by atoms with Crippen molar-refractivity contribution in [2.45, 2.75) is 89.2 Å².